The van der Waals surface area contributed by atoms with E-state index in [1.165, 1.54) is 4.68 Å². The number of amides is 1. The first-order valence-corrected chi connectivity index (χ1v) is 10.4. The molecule has 3 aromatic rings. The summed E-state index contributed by atoms with van der Waals surface area (Å²) in [5.41, 5.74) is 3.83. The van der Waals surface area contributed by atoms with E-state index in [4.69, 9.17) is 0 Å². The molecule has 2 aromatic heterocycles. The molecule has 6 nitrogen and oxygen atoms in total. The first-order chi connectivity index (χ1) is 13.7. The zero-order valence-corrected chi connectivity index (χ0v) is 16.4. The molecule has 7 heteroatoms. The van der Waals surface area contributed by atoms with Crippen molar-refractivity contribution >= 4 is 17.2 Å². The van der Waals surface area contributed by atoms with Gasteiger partial charge >= 0.3 is 0 Å². The third-order valence-electron chi connectivity index (χ3n) is 4.85. The number of fused-ring (bicyclic) bond motifs is 1. The van der Waals surface area contributed by atoms with Crippen molar-refractivity contribution in [2.75, 3.05) is 6.54 Å². The number of aryl methyl sites for hydroxylation is 2. The molecule has 0 bridgehead atoms. The number of rotatable bonds is 6. The molecule has 1 aromatic carbocycles. The molecule has 4 rings (SSSR count). The smallest absolute Gasteiger partial charge is 0.267 e. The van der Waals surface area contributed by atoms with E-state index in [9.17, 15) is 9.59 Å². The van der Waals surface area contributed by atoms with Crippen molar-refractivity contribution in [1.82, 2.24) is 20.1 Å². The summed E-state index contributed by atoms with van der Waals surface area (Å²) in [5, 5.41) is 10.3. The Labute approximate surface area is 167 Å². The monoisotopic (exact) mass is 394 g/mol. The second-order valence-electron chi connectivity index (χ2n) is 6.91. The molecule has 2 heterocycles. The highest BCUT2D eigenvalue weighted by atomic mass is 32.1. The lowest BCUT2D eigenvalue weighted by molar-refractivity contribution is -0.121. The Hall–Kier alpha value is -2.80. The number of hydrogen-bond acceptors (Lipinski definition) is 5. The second-order valence-corrected chi connectivity index (χ2v) is 7.85. The Bertz CT molecular complexity index is 1030. The maximum Gasteiger partial charge on any atom is 0.267 e. The summed E-state index contributed by atoms with van der Waals surface area (Å²) in [6.07, 6.45) is 4.63. The standard InChI is InChI=1S/C21H22N4O2S/c26-19(13-25-21(27)12-16-8-4-5-9-17(16)24-25)22-11-10-20-23-18(14-28-20)15-6-2-1-3-7-15/h1-3,6-7,12,14H,4-5,8-11,13H2,(H,22,26). The van der Waals surface area contributed by atoms with Gasteiger partial charge in [-0.25, -0.2) is 9.67 Å². The van der Waals surface area contributed by atoms with E-state index < -0.39 is 0 Å². The molecule has 1 aliphatic carbocycles. The van der Waals surface area contributed by atoms with Gasteiger partial charge in [0.2, 0.25) is 5.91 Å². The number of carbonyl (C=O) groups is 1. The van der Waals surface area contributed by atoms with Gasteiger partial charge in [0.1, 0.15) is 6.54 Å². The minimum atomic E-state index is -0.205. The normalized spacial score (nSPS) is 13.1. The van der Waals surface area contributed by atoms with Crippen LogP contribution >= 0.6 is 11.3 Å². The molecular formula is C21H22N4O2S. The lowest BCUT2D eigenvalue weighted by Crippen LogP contribution is -2.35. The van der Waals surface area contributed by atoms with Crippen LogP contribution in [-0.2, 0) is 30.6 Å². The van der Waals surface area contributed by atoms with E-state index in [1.54, 1.807) is 17.4 Å². The summed E-state index contributed by atoms with van der Waals surface area (Å²) < 4.78 is 1.27. The van der Waals surface area contributed by atoms with Crippen molar-refractivity contribution in [3.05, 3.63) is 68.4 Å². The van der Waals surface area contributed by atoms with Crippen molar-refractivity contribution in [1.29, 1.82) is 0 Å². The number of hydrogen-bond donors (Lipinski definition) is 1. The average Bonchev–Trinajstić information content (AvgIpc) is 3.18. The third kappa shape index (κ3) is 4.36. The van der Waals surface area contributed by atoms with Crippen LogP contribution in [0.3, 0.4) is 0 Å². The molecule has 0 spiro atoms. The maximum atomic E-state index is 12.2. The van der Waals surface area contributed by atoms with Gasteiger partial charge in [-0.3, -0.25) is 9.59 Å². The Kier molecular flexibility index (Phi) is 5.62. The molecule has 0 atom stereocenters. The fraction of sp³-hybridized carbons (Fsp3) is 0.333. The summed E-state index contributed by atoms with van der Waals surface area (Å²) in [6, 6.07) is 11.7. The van der Waals surface area contributed by atoms with E-state index in [2.05, 4.69) is 15.4 Å². The Morgan fingerprint density at radius 2 is 2.00 bits per heavy atom. The molecule has 1 N–H and O–H groups in total. The summed E-state index contributed by atoms with van der Waals surface area (Å²) in [6.45, 7) is 0.444. The number of aromatic nitrogens is 3. The summed E-state index contributed by atoms with van der Waals surface area (Å²) in [5.74, 6) is -0.204. The average molecular weight is 394 g/mol. The van der Waals surface area contributed by atoms with E-state index in [0.29, 0.717) is 13.0 Å². The molecule has 0 radical (unpaired) electrons. The minimum Gasteiger partial charge on any atom is -0.354 e. The molecule has 0 aliphatic heterocycles. The van der Waals surface area contributed by atoms with Gasteiger partial charge in [0, 0.05) is 30.0 Å². The summed E-state index contributed by atoms with van der Waals surface area (Å²) >= 11 is 1.59. The maximum absolute atomic E-state index is 12.2. The van der Waals surface area contributed by atoms with Crippen molar-refractivity contribution in [3.8, 4) is 11.3 Å². The van der Waals surface area contributed by atoms with Crippen molar-refractivity contribution in [2.24, 2.45) is 0 Å². The molecule has 0 unspecified atom stereocenters. The zero-order chi connectivity index (χ0) is 19.3. The molecule has 0 fully saturated rings. The second kappa shape index (κ2) is 8.48. The number of benzene rings is 1. The van der Waals surface area contributed by atoms with E-state index in [-0.39, 0.29) is 18.0 Å². The molecular weight excluding hydrogens is 372 g/mol. The van der Waals surface area contributed by atoms with Gasteiger partial charge in [0.15, 0.2) is 0 Å². The van der Waals surface area contributed by atoms with Gasteiger partial charge in [0.05, 0.1) is 16.4 Å². The lowest BCUT2D eigenvalue weighted by atomic mass is 9.97. The van der Waals surface area contributed by atoms with Crippen LogP contribution in [0, 0.1) is 0 Å². The highest BCUT2D eigenvalue weighted by molar-refractivity contribution is 7.09. The Morgan fingerprint density at radius 3 is 2.86 bits per heavy atom. The Balaban J connectivity index is 1.31. The van der Waals surface area contributed by atoms with Crippen LogP contribution in [0.2, 0.25) is 0 Å². The number of nitrogens with one attached hydrogen (secondary N) is 1. The fourth-order valence-electron chi connectivity index (χ4n) is 3.38. The largest absolute Gasteiger partial charge is 0.354 e. The Morgan fingerprint density at radius 1 is 1.18 bits per heavy atom. The molecule has 0 saturated heterocycles. The quantitative estimate of drug-likeness (QED) is 0.697. The molecule has 28 heavy (non-hydrogen) atoms. The van der Waals surface area contributed by atoms with Gasteiger partial charge in [-0.05, 0) is 31.2 Å². The van der Waals surface area contributed by atoms with Gasteiger partial charge in [0.25, 0.3) is 5.56 Å². The predicted molar refractivity (Wildman–Crippen MR) is 109 cm³/mol. The first-order valence-electron chi connectivity index (χ1n) is 9.55. The van der Waals surface area contributed by atoms with Crippen LogP contribution in [0.25, 0.3) is 11.3 Å². The van der Waals surface area contributed by atoms with Gasteiger partial charge in [-0.1, -0.05) is 30.3 Å². The number of carbonyl (C=O) groups excluding carboxylic acids is 1. The van der Waals surface area contributed by atoms with Gasteiger partial charge in [-0.15, -0.1) is 11.3 Å². The van der Waals surface area contributed by atoms with E-state index in [0.717, 1.165) is 53.2 Å². The van der Waals surface area contributed by atoms with Crippen LogP contribution in [0.15, 0.2) is 46.6 Å². The van der Waals surface area contributed by atoms with Crippen molar-refractivity contribution in [2.45, 2.75) is 38.6 Å². The van der Waals surface area contributed by atoms with Crippen molar-refractivity contribution < 1.29 is 4.79 Å². The van der Waals surface area contributed by atoms with E-state index in [1.807, 2.05) is 35.7 Å². The summed E-state index contributed by atoms with van der Waals surface area (Å²) in [4.78, 5) is 29.0. The molecule has 1 aliphatic rings. The topological polar surface area (TPSA) is 76.9 Å². The minimum absolute atomic E-state index is 0.0424. The summed E-state index contributed by atoms with van der Waals surface area (Å²) in [7, 11) is 0. The zero-order valence-electron chi connectivity index (χ0n) is 15.6. The van der Waals surface area contributed by atoms with Crippen LogP contribution in [0.1, 0.15) is 29.1 Å². The third-order valence-corrected chi connectivity index (χ3v) is 5.76. The number of nitrogens with zero attached hydrogens (tertiary/aromatic N) is 3. The first kappa shape index (κ1) is 18.6. The van der Waals surface area contributed by atoms with Crippen LogP contribution in [0.4, 0.5) is 0 Å². The van der Waals surface area contributed by atoms with Gasteiger partial charge < -0.3 is 5.32 Å². The van der Waals surface area contributed by atoms with Crippen LogP contribution in [-0.4, -0.2) is 27.2 Å². The van der Waals surface area contributed by atoms with Gasteiger partial charge in [-0.2, -0.15) is 5.10 Å². The molecule has 0 saturated carbocycles. The van der Waals surface area contributed by atoms with Crippen LogP contribution in [0.5, 0.6) is 0 Å². The number of thiazole rings is 1. The predicted octanol–water partition coefficient (Wildman–Crippen LogP) is 2.60. The SMILES string of the molecule is O=C(Cn1nc2c(cc1=O)CCCC2)NCCc1nc(-c2ccccc2)cs1. The highest BCUT2D eigenvalue weighted by Crippen LogP contribution is 2.21. The molecule has 144 valence electrons. The lowest BCUT2D eigenvalue weighted by Gasteiger charge is -2.15. The molecule has 1 amide bonds. The van der Waals surface area contributed by atoms with Crippen molar-refractivity contribution in [3.63, 3.8) is 0 Å². The fourth-order valence-corrected chi connectivity index (χ4v) is 4.19. The van der Waals surface area contributed by atoms with E-state index >= 15 is 0 Å². The highest BCUT2D eigenvalue weighted by Gasteiger charge is 2.14. The van der Waals surface area contributed by atoms with Crippen LogP contribution < -0.4 is 10.9 Å².